The second-order valence-electron chi connectivity index (χ2n) is 5.07. The highest BCUT2D eigenvalue weighted by Gasteiger charge is 2.14. The predicted octanol–water partition coefficient (Wildman–Crippen LogP) is 2.08. The van der Waals surface area contributed by atoms with Crippen molar-refractivity contribution in [1.82, 2.24) is 9.80 Å². The molecule has 0 aromatic heterocycles. The molecule has 0 aliphatic carbocycles. The van der Waals surface area contributed by atoms with Crippen molar-refractivity contribution in [3.05, 3.63) is 27.7 Å². The molecule has 1 aromatic carbocycles. The van der Waals surface area contributed by atoms with Gasteiger partial charge in [0.15, 0.2) is 0 Å². The minimum absolute atomic E-state index is 0.365. The molecule has 1 heterocycles. The van der Waals surface area contributed by atoms with Crippen molar-refractivity contribution in [2.24, 2.45) is 5.73 Å². The minimum atomic E-state index is 0.365. The molecule has 0 unspecified atom stereocenters. The molecular formula is C14H21Cl2N3O. The summed E-state index contributed by atoms with van der Waals surface area (Å²) < 4.78 is 5.82. The number of halogens is 2. The third-order valence-corrected chi connectivity index (χ3v) is 4.05. The second kappa shape index (κ2) is 7.48. The van der Waals surface area contributed by atoms with E-state index in [4.69, 9.17) is 33.7 Å². The van der Waals surface area contributed by atoms with Crippen molar-refractivity contribution in [1.29, 1.82) is 0 Å². The summed E-state index contributed by atoms with van der Waals surface area (Å²) in [5.74, 6) is 0.660. The van der Waals surface area contributed by atoms with E-state index in [-0.39, 0.29) is 0 Å². The van der Waals surface area contributed by atoms with Crippen molar-refractivity contribution in [3.8, 4) is 5.75 Å². The number of benzene rings is 1. The zero-order valence-electron chi connectivity index (χ0n) is 11.7. The molecule has 0 spiro atoms. The number of piperazine rings is 1. The van der Waals surface area contributed by atoms with Gasteiger partial charge in [0, 0.05) is 49.9 Å². The van der Waals surface area contributed by atoms with Crippen molar-refractivity contribution in [2.75, 3.05) is 46.4 Å². The van der Waals surface area contributed by atoms with Crippen LogP contribution in [0.1, 0.15) is 5.56 Å². The molecule has 112 valence electrons. The van der Waals surface area contributed by atoms with Gasteiger partial charge in [-0.05, 0) is 19.2 Å². The van der Waals surface area contributed by atoms with Gasteiger partial charge in [-0.3, -0.25) is 4.90 Å². The van der Waals surface area contributed by atoms with Crippen molar-refractivity contribution in [2.45, 2.75) is 6.54 Å². The topological polar surface area (TPSA) is 41.7 Å². The Morgan fingerprint density at radius 3 is 2.55 bits per heavy atom. The van der Waals surface area contributed by atoms with Crippen LogP contribution in [0.4, 0.5) is 0 Å². The minimum Gasteiger partial charge on any atom is -0.490 e. The number of nitrogens with two attached hydrogens (primary N) is 1. The Balaban J connectivity index is 1.88. The first-order valence-electron chi connectivity index (χ1n) is 6.82. The molecule has 0 amide bonds. The van der Waals surface area contributed by atoms with E-state index in [1.54, 1.807) is 12.1 Å². The summed E-state index contributed by atoms with van der Waals surface area (Å²) in [6, 6.07) is 3.49. The van der Waals surface area contributed by atoms with E-state index in [1.807, 2.05) is 0 Å². The van der Waals surface area contributed by atoms with E-state index in [0.29, 0.717) is 28.9 Å². The maximum absolute atomic E-state index is 6.17. The average molecular weight is 318 g/mol. The first-order chi connectivity index (χ1) is 9.60. The van der Waals surface area contributed by atoms with E-state index in [2.05, 4.69) is 16.8 Å². The maximum Gasteiger partial charge on any atom is 0.142 e. The fraction of sp³-hybridized carbons (Fsp3) is 0.571. The van der Waals surface area contributed by atoms with Crippen LogP contribution in [-0.2, 0) is 6.54 Å². The lowest BCUT2D eigenvalue weighted by Crippen LogP contribution is -2.45. The van der Waals surface area contributed by atoms with Gasteiger partial charge in [-0.2, -0.15) is 0 Å². The summed E-state index contributed by atoms with van der Waals surface area (Å²) in [4.78, 5) is 4.73. The summed E-state index contributed by atoms with van der Waals surface area (Å²) in [5.41, 5.74) is 6.55. The van der Waals surface area contributed by atoms with E-state index >= 15 is 0 Å². The van der Waals surface area contributed by atoms with Crippen LogP contribution in [0.3, 0.4) is 0 Å². The van der Waals surface area contributed by atoms with E-state index < -0.39 is 0 Å². The summed E-state index contributed by atoms with van der Waals surface area (Å²) in [6.07, 6.45) is 0. The van der Waals surface area contributed by atoms with Crippen LogP contribution in [0.15, 0.2) is 12.1 Å². The van der Waals surface area contributed by atoms with Gasteiger partial charge in [0.2, 0.25) is 0 Å². The molecule has 20 heavy (non-hydrogen) atoms. The highest BCUT2D eigenvalue weighted by Crippen LogP contribution is 2.32. The maximum atomic E-state index is 6.17. The van der Waals surface area contributed by atoms with Gasteiger partial charge < -0.3 is 15.4 Å². The van der Waals surface area contributed by atoms with Gasteiger partial charge in [-0.25, -0.2) is 0 Å². The van der Waals surface area contributed by atoms with Crippen LogP contribution in [0.2, 0.25) is 10.0 Å². The van der Waals surface area contributed by atoms with Crippen LogP contribution in [0.25, 0.3) is 0 Å². The highest BCUT2D eigenvalue weighted by molar-refractivity contribution is 6.35. The molecule has 0 radical (unpaired) electrons. The molecule has 1 aromatic rings. The molecule has 1 aliphatic rings. The Hall–Kier alpha value is -0.520. The van der Waals surface area contributed by atoms with E-state index in [9.17, 15) is 0 Å². The number of nitrogens with zero attached hydrogens (tertiary/aromatic N) is 2. The van der Waals surface area contributed by atoms with Crippen molar-refractivity contribution in [3.63, 3.8) is 0 Å². The normalized spacial score (nSPS) is 17.4. The largest absolute Gasteiger partial charge is 0.490 e. The highest BCUT2D eigenvalue weighted by atomic mass is 35.5. The monoisotopic (exact) mass is 317 g/mol. The zero-order valence-corrected chi connectivity index (χ0v) is 13.3. The Labute approximate surface area is 130 Å². The van der Waals surface area contributed by atoms with Gasteiger partial charge >= 0.3 is 0 Å². The molecule has 0 atom stereocenters. The first-order valence-corrected chi connectivity index (χ1v) is 7.57. The number of rotatable bonds is 5. The van der Waals surface area contributed by atoms with Crippen LogP contribution in [-0.4, -0.2) is 56.2 Å². The molecule has 2 N–H and O–H groups in total. The van der Waals surface area contributed by atoms with Crippen molar-refractivity contribution < 1.29 is 4.74 Å². The molecule has 0 saturated carbocycles. The Bertz CT molecular complexity index is 448. The lowest BCUT2D eigenvalue weighted by atomic mass is 10.2. The molecular weight excluding hydrogens is 297 g/mol. The van der Waals surface area contributed by atoms with Crippen LogP contribution < -0.4 is 10.5 Å². The third-order valence-electron chi connectivity index (χ3n) is 3.56. The predicted molar refractivity (Wildman–Crippen MR) is 83.8 cm³/mol. The standard InChI is InChI=1S/C14H21Cl2N3O/c1-18-2-4-19(5-3-18)6-7-20-14-11(10-17)8-12(15)9-13(14)16/h8-9H,2-7,10,17H2,1H3. The van der Waals surface area contributed by atoms with Crippen molar-refractivity contribution >= 4 is 23.2 Å². The lowest BCUT2D eigenvalue weighted by molar-refractivity contribution is 0.133. The molecule has 2 rings (SSSR count). The fourth-order valence-corrected chi connectivity index (χ4v) is 2.87. The number of likely N-dealkylation sites (N-methyl/N-ethyl adjacent to an activating group) is 1. The number of hydrogen-bond acceptors (Lipinski definition) is 4. The van der Waals surface area contributed by atoms with E-state index in [1.165, 1.54) is 0 Å². The summed E-state index contributed by atoms with van der Waals surface area (Å²) >= 11 is 12.1. The van der Waals surface area contributed by atoms with Gasteiger partial charge in [0.05, 0.1) is 5.02 Å². The Kier molecular flexibility index (Phi) is 5.93. The SMILES string of the molecule is CN1CCN(CCOc2c(Cl)cc(Cl)cc2CN)CC1. The Morgan fingerprint density at radius 1 is 1.20 bits per heavy atom. The smallest absolute Gasteiger partial charge is 0.142 e. The molecule has 6 heteroatoms. The molecule has 0 bridgehead atoms. The fourth-order valence-electron chi connectivity index (χ4n) is 2.28. The van der Waals surface area contributed by atoms with Crippen LogP contribution in [0.5, 0.6) is 5.75 Å². The summed E-state index contributed by atoms with van der Waals surface area (Å²) in [7, 11) is 2.15. The average Bonchev–Trinajstić information content (AvgIpc) is 2.42. The van der Waals surface area contributed by atoms with E-state index in [0.717, 1.165) is 38.3 Å². The van der Waals surface area contributed by atoms with Gasteiger partial charge in [-0.15, -0.1) is 0 Å². The Morgan fingerprint density at radius 2 is 1.90 bits per heavy atom. The zero-order chi connectivity index (χ0) is 14.5. The van der Waals surface area contributed by atoms with Gasteiger partial charge in [0.25, 0.3) is 0 Å². The van der Waals surface area contributed by atoms with Crippen LogP contribution >= 0.6 is 23.2 Å². The number of hydrogen-bond donors (Lipinski definition) is 1. The lowest BCUT2D eigenvalue weighted by Gasteiger charge is -2.32. The van der Waals surface area contributed by atoms with Gasteiger partial charge in [-0.1, -0.05) is 23.2 Å². The number of ether oxygens (including phenoxy) is 1. The van der Waals surface area contributed by atoms with Gasteiger partial charge in [0.1, 0.15) is 12.4 Å². The summed E-state index contributed by atoms with van der Waals surface area (Å²) in [6.45, 7) is 6.25. The molecule has 1 fully saturated rings. The second-order valence-corrected chi connectivity index (χ2v) is 5.92. The third kappa shape index (κ3) is 4.24. The quantitative estimate of drug-likeness (QED) is 0.902. The summed E-state index contributed by atoms with van der Waals surface area (Å²) in [5, 5.41) is 1.11. The first kappa shape index (κ1) is 15.9. The van der Waals surface area contributed by atoms with Crippen LogP contribution in [0, 0.1) is 0 Å². The molecule has 4 nitrogen and oxygen atoms in total. The molecule has 1 aliphatic heterocycles. The molecule has 1 saturated heterocycles.